The minimum Gasteiger partial charge on any atom is -0.479 e. The lowest BCUT2D eigenvalue weighted by molar-refractivity contribution is -0.146. The predicted molar refractivity (Wildman–Crippen MR) is 77.3 cm³/mol. The molecule has 3 unspecified atom stereocenters. The molecule has 1 aromatic carbocycles. The van der Waals surface area contributed by atoms with Gasteiger partial charge in [0.25, 0.3) is 0 Å². The summed E-state index contributed by atoms with van der Waals surface area (Å²) in [7, 11) is 0. The molecule has 0 heterocycles. The van der Waals surface area contributed by atoms with Crippen LogP contribution in [0.5, 0.6) is 0 Å². The molecule has 1 aromatic rings. The van der Waals surface area contributed by atoms with Gasteiger partial charge in [0.2, 0.25) is 0 Å². The highest BCUT2D eigenvalue weighted by atomic mass is 16.4. The van der Waals surface area contributed by atoms with E-state index in [0.29, 0.717) is 12.3 Å². The summed E-state index contributed by atoms with van der Waals surface area (Å²) < 4.78 is 0. The largest absolute Gasteiger partial charge is 0.479 e. The number of carboxylic acids is 1. The second kappa shape index (κ2) is 5.24. The van der Waals surface area contributed by atoms with E-state index in [1.807, 2.05) is 38.1 Å². The normalized spacial score (nSPS) is 30.9. The molecule has 3 heteroatoms. The van der Waals surface area contributed by atoms with E-state index in [4.69, 9.17) is 0 Å². The molecule has 1 aliphatic rings. The minimum absolute atomic E-state index is 0.141. The standard InChI is InChI=1S/C16H23NO2/c1-11-5-8-14(9-6-11)17-16(15(18)19)10-12(2)4-7-13(16)3/h5-6,8-9,12-13,17H,4,7,10H2,1-3H3,(H,18,19). The highest BCUT2D eigenvalue weighted by molar-refractivity contribution is 5.83. The lowest BCUT2D eigenvalue weighted by Gasteiger charge is -2.43. The van der Waals surface area contributed by atoms with Gasteiger partial charge in [-0.15, -0.1) is 0 Å². The predicted octanol–water partition coefficient (Wildman–Crippen LogP) is 3.69. The highest BCUT2D eigenvalue weighted by Crippen LogP contribution is 2.39. The molecule has 0 radical (unpaired) electrons. The Hall–Kier alpha value is -1.51. The maximum atomic E-state index is 11.8. The summed E-state index contributed by atoms with van der Waals surface area (Å²) in [4.78, 5) is 11.8. The van der Waals surface area contributed by atoms with Gasteiger partial charge in [0.1, 0.15) is 5.54 Å². The van der Waals surface area contributed by atoms with Crippen molar-refractivity contribution in [2.24, 2.45) is 11.8 Å². The van der Waals surface area contributed by atoms with Crippen LogP contribution in [0.2, 0.25) is 0 Å². The van der Waals surface area contributed by atoms with Gasteiger partial charge in [0.05, 0.1) is 0 Å². The van der Waals surface area contributed by atoms with Crippen molar-refractivity contribution in [2.45, 2.75) is 45.6 Å². The van der Waals surface area contributed by atoms with Gasteiger partial charge in [-0.25, -0.2) is 4.79 Å². The van der Waals surface area contributed by atoms with Crippen LogP contribution in [0.15, 0.2) is 24.3 Å². The maximum absolute atomic E-state index is 11.8. The summed E-state index contributed by atoms with van der Waals surface area (Å²) in [6.45, 7) is 6.21. The molecular formula is C16H23NO2. The molecule has 19 heavy (non-hydrogen) atoms. The van der Waals surface area contributed by atoms with Gasteiger partial charge in [0.15, 0.2) is 0 Å². The Kier molecular flexibility index (Phi) is 3.83. The van der Waals surface area contributed by atoms with Crippen molar-refractivity contribution in [3.8, 4) is 0 Å². The lowest BCUT2D eigenvalue weighted by Crippen LogP contribution is -2.54. The Morgan fingerprint density at radius 1 is 1.26 bits per heavy atom. The zero-order chi connectivity index (χ0) is 14.0. The first kappa shape index (κ1) is 13.9. The molecule has 1 aliphatic carbocycles. The number of aryl methyl sites for hydroxylation is 1. The molecule has 0 aliphatic heterocycles. The van der Waals surface area contributed by atoms with Crippen molar-refractivity contribution in [1.82, 2.24) is 0 Å². The van der Waals surface area contributed by atoms with Crippen LogP contribution in [0, 0.1) is 18.8 Å². The van der Waals surface area contributed by atoms with E-state index >= 15 is 0 Å². The van der Waals surface area contributed by atoms with Gasteiger partial charge in [-0.3, -0.25) is 0 Å². The van der Waals surface area contributed by atoms with E-state index < -0.39 is 11.5 Å². The molecule has 2 N–H and O–H groups in total. The molecule has 104 valence electrons. The topological polar surface area (TPSA) is 49.3 Å². The molecule has 0 bridgehead atoms. The van der Waals surface area contributed by atoms with Crippen LogP contribution < -0.4 is 5.32 Å². The number of anilines is 1. The Labute approximate surface area is 115 Å². The van der Waals surface area contributed by atoms with E-state index in [-0.39, 0.29) is 5.92 Å². The van der Waals surface area contributed by atoms with Gasteiger partial charge >= 0.3 is 5.97 Å². The fraction of sp³-hybridized carbons (Fsp3) is 0.562. The first-order valence-electron chi connectivity index (χ1n) is 7.02. The zero-order valence-electron chi connectivity index (χ0n) is 11.9. The maximum Gasteiger partial charge on any atom is 0.329 e. The van der Waals surface area contributed by atoms with Crippen LogP contribution in [-0.2, 0) is 4.79 Å². The van der Waals surface area contributed by atoms with E-state index in [1.54, 1.807) is 0 Å². The zero-order valence-corrected chi connectivity index (χ0v) is 11.9. The number of rotatable bonds is 3. The Morgan fingerprint density at radius 3 is 2.47 bits per heavy atom. The third kappa shape index (κ3) is 2.75. The Morgan fingerprint density at radius 2 is 1.89 bits per heavy atom. The van der Waals surface area contributed by atoms with Crippen LogP contribution in [-0.4, -0.2) is 16.6 Å². The summed E-state index contributed by atoms with van der Waals surface area (Å²) in [6.07, 6.45) is 2.77. The Balaban J connectivity index is 2.28. The van der Waals surface area contributed by atoms with Crippen molar-refractivity contribution < 1.29 is 9.90 Å². The van der Waals surface area contributed by atoms with Crippen molar-refractivity contribution in [2.75, 3.05) is 5.32 Å². The van der Waals surface area contributed by atoms with Crippen LogP contribution in [0.1, 0.15) is 38.7 Å². The van der Waals surface area contributed by atoms with Crippen molar-refractivity contribution in [3.05, 3.63) is 29.8 Å². The van der Waals surface area contributed by atoms with Crippen molar-refractivity contribution in [3.63, 3.8) is 0 Å². The van der Waals surface area contributed by atoms with Crippen LogP contribution in [0.25, 0.3) is 0 Å². The molecule has 0 aromatic heterocycles. The van der Waals surface area contributed by atoms with Crippen LogP contribution in [0.3, 0.4) is 0 Å². The van der Waals surface area contributed by atoms with E-state index in [9.17, 15) is 9.90 Å². The molecule has 0 saturated heterocycles. The second-order valence-corrected chi connectivity index (χ2v) is 6.06. The number of hydrogen-bond donors (Lipinski definition) is 2. The average molecular weight is 261 g/mol. The molecule has 0 spiro atoms. The summed E-state index contributed by atoms with van der Waals surface area (Å²) in [5.41, 5.74) is 1.25. The smallest absolute Gasteiger partial charge is 0.329 e. The number of carbonyl (C=O) groups is 1. The van der Waals surface area contributed by atoms with E-state index in [0.717, 1.165) is 18.5 Å². The van der Waals surface area contributed by atoms with Gasteiger partial charge in [-0.2, -0.15) is 0 Å². The van der Waals surface area contributed by atoms with Gasteiger partial charge < -0.3 is 10.4 Å². The van der Waals surface area contributed by atoms with Gasteiger partial charge in [-0.05, 0) is 43.7 Å². The van der Waals surface area contributed by atoms with Gasteiger partial charge in [0, 0.05) is 5.69 Å². The molecule has 2 rings (SSSR count). The molecule has 0 amide bonds. The number of hydrogen-bond acceptors (Lipinski definition) is 2. The molecular weight excluding hydrogens is 238 g/mol. The first-order chi connectivity index (χ1) is 8.94. The summed E-state index contributed by atoms with van der Waals surface area (Å²) in [6, 6.07) is 7.95. The van der Waals surface area contributed by atoms with Crippen molar-refractivity contribution >= 4 is 11.7 Å². The third-order valence-electron chi connectivity index (χ3n) is 4.40. The number of carboxylic acid groups (broad SMARTS) is 1. The molecule has 1 saturated carbocycles. The van der Waals surface area contributed by atoms with E-state index in [2.05, 4.69) is 12.2 Å². The third-order valence-corrected chi connectivity index (χ3v) is 4.40. The quantitative estimate of drug-likeness (QED) is 0.872. The molecule has 3 atom stereocenters. The fourth-order valence-electron chi connectivity index (χ4n) is 3.05. The summed E-state index contributed by atoms with van der Waals surface area (Å²) in [5, 5.41) is 13.0. The van der Waals surface area contributed by atoms with Crippen molar-refractivity contribution in [1.29, 1.82) is 0 Å². The summed E-state index contributed by atoms with van der Waals surface area (Å²) >= 11 is 0. The monoisotopic (exact) mass is 261 g/mol. The SMILES string of the molecule is Cc1ccc(NC2(C(=O)O)CC(C)CCC2C)cc1. The number of benzene rings is 1. The average Bonchev–Trinajstić information content (AvgIpc) is 2.36. The first-order valence-corrected chi connectivity index (χ1v) is 7.02. The van der Waals surface area contributed by atoms with E-state index in [1.165, 1.54) is 5.56 Å². The van der Waals surface area contributed by atoms with Crippen LogP contribution in [0.4, 0.5) is 5.69 Å². The minimum atomic E-state index is -0.826. The fourth-order valence-corrected chi connectivity index (χ4v) is 3.05. The highest BCUT2D eigenvalue weighted by Gasteiger charge is 2.47. The second-order valence-electron chi connectivity index (χ2n) is 6.06. The molecule has 3 nitrogen and oxygen atoms in total. The van der Waals surface area contributed by atoms with Gasteiger partial charge in [-0.1, -0.05) is 38.0 Å². The Bertz CT molecular complexity index is 454. The number of aliphatic carboxylic acids is 1. The summed E-state index contributed by atoms with van der Waals surface area (Å²) in [5.74, 6) is -0.139. The van der Waals surface area contributed by atoms with Crippen LogP contribution >= 0.6 is 0 Å². The lowest BCUT2D eigenvalue weighted by atomic mass is 9.69. The molecule has 1 fully saturated rings. The number of nitrogens with one attached hydrogen (secondary N) is 1.